The Hall–Kier alpha value is -0.960. The van der Waals surface area contributed by atoms with E-state index in [1.54, 1.807) is 19.1 Å². The number of aryl methyl sites for hydroxylation is 1. The number of nitrogens with one attached hydrogen (secondary N) is 1. The van der Waals surface area contributed by atoms with E-state index in [2.05, 4.69) is 12.2 Å². The van der Waals surface area contributed by atoms with Gasteiger partial charge >= 0.3 is 0 Å². The highest BCUT2D eigenvalue weighted by molar-refractivity contribution is 5.29. The third-order valence-corrected chi connectivity index (χ3v) is 4.35. The third kappa shape index (κ3) is 2.16. The fourth-order valence-electron chi connectivity index (χ4n) is 3.23. The second kappa shape index (κ2) is 4.96. The van der Waals surface area contributed by atoms with Crippen LogP contribution in [0, 0.1) is 24.0 Å². The maximum atomic E-state index is 14.1. The van der Waals surface area contributed by atoms with Crippen LogP contribution >= 0.6 is 0 Å². The number of benzene rings is 1. The molecule has 0 bridgehead atoms. The fraction of sp³-hybridized carbons (Fsp3) is 0.600. The Balaban J connectivity index is 2.42. The van der Waals surface area contributed by atoms with Gasteiger partial charge in [-0.2, -0.15) is 0 Å². The molecule has 18 heavy (non-hydrogen) atoms. The van der Waals surface area contributed by atoms with Crippen molar-refractivity contribution in [1.82, 2.24) is 5.32 Å². The summed E-state index contributed by atoms with van der Waals surface area (Å²) in [4.78, 5) is 0. The summed E-state index contributed by atoms with van der Waals surface area (Å²) >= 11 is 0. The third-order valence-electron chi connectivity index (χ3n) is 4.35. The zero-order valence-corrected chi connectivity index (χ0v) is 11.3. The fourth-order valence-corrected chi connectivity index (χ4v) is 3.23. The molecule has 1 N–H and O–H groups in total. The minimum Gasteiger partial charge on any atom is -0.312 e. The van der Waals surface area contributed by atoms with Gasteiger partial charge in [-0.05, 0) is 37.8 Å². The molecule has 1 unspecified atom stereocenters. The minimum absolute atomic E-state index is 0.0251. The van der Waals surface area contributed by atoms with Gasteiger partial charge in [0.15, 0.2) is 11.6 Å². The van der Waals surface area contributed by atoms with E-state index in [0.29, 0.717) is 11.1 Å². The Morgan fingerprint density at radius 1 is 1.17 bits per heavy atom. The van der Waals surface area contributed by atoms with Crippen LogP contribution in [0.3, 0.4) is 0 Å². The van der Waals surface area contributed by atoms with E-state index in [1.807, 2.05) is 7.05 Å². The molecule has 0 radical (unpaired) electrons. The number of halogens is 2. The summed E-state index contributed by atoms with van der Waals surface area (Å²) in [5.41, 5.74) is 0.852. The smallest absolute Gasteiger partial charge is 0.163 e. The topological polar surface area (TPSA) is 12.0 Å². The van der Waals surface area contributed by atoms with Crippen molar-refractivity contribution < 1.29 is 8.78 Å². The van der Waals surface area contributed by atoms with Gasteiger partial charge in [0.25, 0.3) is 0 Å². The lowest BCUT2D eigenvalue weighted by Crippen LogP contribution is -2.33. The maximum absolute atomic E-state index is 14.1. The van der Waals surface area contributed by atoms with E-state index in [9.17, 15) is 8.78 Å². The van der Waals surface area contributed by atoms with Gasteiger partial charge in [0.05, 0.1) is 0 Å². The lowest BCUT2D eigenvalue weighted by atomic mass is 9.77. The second-order valence-electron chi connectivity index (χ2n) is 5.68. The average Bonchev–Trinajstić information content (AvgIpc) is 2.78. The molecule has 1 fully saturated rings. The van der Waals surface area contributed by atoms with E-state index in [1.165, 1.54) is 12.8 Å². The molecule has 1 aliphatic rings. The van der Waals surface area contributed by atoms with Crippen molar-refractivity contribution in [2.45, 2.75) is 45.6 Å². The first-order valence-electron chi connectivity index (χ1n) is 6.61. The molecule has 1 nitrogen and oxygen atoms in total. The van der Waals surface area contributed by atoms with Crippen molar-refractivity contribution in [3.8, 4) is 0 Å². The lowest BCUT2D eigenvalue weighted by molar-refractivity contribution is 0.227. The molecule has 100 valence electrons. The molecule has 0 spiro atoms. The molecule has 0 aliphatic heterocycles. The predicted molar refractivity (Wildman–Crippen MR) is 69.5 cm³/mol. The van der Waals surface area contributed by atoms with E-state index >= 15 is 0 Å². The van der Waals surface area contributed by atoms with Crippen molar-refractivity contribution in [3.05, 3.63) is 34.9 Å². The maximum Gasteiger partial charge on any atom is 0.163 e. The van der Waals surface area contributed by atoms with Crippen LogP contribution in [0.1, 0.15) is 49.8 Å². The Kier molecular flexibility index (Phi) is 3.71. The molecule has 0 saturated heterocycles. The van der Waals surface area contributed by atoms with Crippen molar-refractivity contribution in [3.63, 3.8) is 0 Å². The Bertz CT molecular complexity index is 436. The molecule has 1 aromatic carbocycles. The molecule has 1 atom stereocenters. The van der Waals surface area contributed by atoms with Crippen molar-refractivity contribution in [2.75, 3.05) is 7.05 Å². The average molecular weight is 253 g/mol. The summed E-state index contributed by atoms with van der Waals surface area (Å²) in [6.07, 6.45) is 4.47. The highest BCUT2D eigenvalue weighted by atomic mass is 19.2. The zero-order valence-electron chi connectivity index (χ0n) is 11.3. The second-order valence-corrected chi connectivity index (χ2v) is 5.68. The lowest BCUT2D eigenvalue weighted by Gasteiger charge is -2.34. The van der Waals surface area contributed by atoms with Gasteiger partial charge in [0.2, 0.25) is 0 Å². The van der Waals surface area contributed by atoms with Crippen LogP contribution in [-0.4, -0.2) is 7.05 Å². The molecular weight excluding hydrogens is 232 g/mol. The highest BCUT2D eigenvalue weighted by Gasteiger charge is 2.38. The normalized spacial score (nSPS) is 20.1. The number of hydrogen-bond donors (Lipinski definition) is 1. The van der Waals surface area contributed by atoms with Crippen LogP contribution in [0.15, 0.2) is 12.1 Å². The molecule has 3 heteroatoms. The van der Waals surface area contributed by atoms with Crippen LogP contribution in [-0.2, 0) is 0 Å². The van der Waals surface area contributed by atoms with Crippen LogP contribution in [0.2, 0.25) is 0 Å². The van der Waals surface area contributed by atoms with Crippen LogP contribution < -0.4 is 5.32 Å². The predicted octanol–water partition coefficient (Wildman–Crippen LogP) is 4.11. The summed E-state index contributed by atoms with van der Waals surface area (Å²) in [6, 6.07) is 3.27. The van der Waals surface area contributed by atoms with E-state index in [-0.39, 0.29) is 11.5 Å². The summed E-state index contributed by atoms with van der Waals surface area (Å²) in [7, 11) is 1.82. The van der Waals surface area contributed by atoms with E-state index in [4.69, 9.17) is 0 Å². The van der Waals surface area contributed by atoms with Crippen LogP contribution in [0.5, 0.6) is 0 Å². The molecule has 0 aromatic heterocycles. The van der Waals surface area contributed by atoms with Crippen molar-refractivity contribution in [2.24, 2.45) is 5.41 Å². The highest BCUT2D eigenvalue weighted by Crippen LogP contribution is 2.47. The summed E-state index contributed by atoms with van der Waals surface area (Å²) in [5, 5.41) is 3.18. The molecule has 1 aliphatic carbocycles. The molecular formula is C15H21F2N. The Labute approximate surface area is 108 Å². The van der Waals surface area contributed by atoms with E-state index in [0.717, 1.165) is 12.8 Å². The van der Waals surface area contributed by atoms with E-state index < -0.39 is 11.6 Å². The van der Waals surface area contributed by atoms with Gasteiger partial charge in [-0.3, -0.25) is 0 Å². The number of hydrogen-bond acceptors (Lipinski definition) is 1. The molecule has 2 rings (SSSR count). The first-order chi connectivity index (χ1) is 8.49. The number of rotatable bonds is 3. The Morgan fingerprint density at radius 2 is 1.78 bits per heavy atom. The summed E-state index contributed by atoms with van der Waals surface area (Å²) < 4.78 is 27.8. The quantitative estimate of drug-likeness (QED) is 0.854. The van der Waals surface area contributed by atoms with Gasteiger partial charge < -0.3 is 5.32 Å². The van der Waals surface area contributed by atoms with Gasteiger partial charge in [-0.1, -0.05) is 31.9 Å². The van der Waals surface area contributed by atoms with Crippen LogP contribution in [0.25, 0.3) is 0 Å². The van der Waals surface area contributed by atoms with Gasteiger partial charge in [-0.15, -0.1) is 0 Å². The minimum atomic E-state index is -0.714. The monoisotopic (exact) mass is 253 g/mol. The van der Waals surface area contributed by atoms with Gasteiger partial charge in [0.1, 0.15) is 0 Å². The largest absolute Gasteiger partial charge is 0.312 e. The molecule has 1 aromatic rings. The first-order valence-corrected chi connectivity index (χ1v) is 6.61. The van der Waals surface area contributed by atoms with Crippen molar-refractivity contribution >= 4 is 0 Å². The summed E-state index contributed by atoms with van der Waals surface area (Å²) in [6.45, 7) is 3.76. The summed E-state index contributed by atoms with van der Waals surface area (Å²) in [5.74, 6) is -1.41. The van der Waals surface area contributed by atoms with Crippen molar-refractivity contribution in [1.29, 1.82) is 0 Å². The first kappa shape index (κ1) is 13.5. The molecule has 0 heterocycles. The SMILES string of the molecule is CNC(c1ccc(C)c(F)c1F)C1(C)CCCC1. The van der Waals surface area contributed by atoms with Gasteiger partial charge in [0, 0.05) is 11.6 Å². The zero-order chi connectivity index (χ0) is 13.3. The molecule has 1 saturated carbocycles. The Morgan fingerprint density at radius 3 is 2.33 bits per heavy atom. The molecule has 0 amide bonds. The standard InChI is InChI=1S/C15H21F2N/c1-10-6-7-11(13(17)12(10)16)14(18-3)15(2)8-4-5-9-15/h6-7,14,18H,4-5,8-9H2,1-3H3. The van der Waals surface area contributed by atoms with Crippen LogP contribution in [0.4, 0.5) is 8.78 Å². The van der Waals surface area contributed by atoms with Gasteiger partial charge in [-0.25, -0.2) is 8.78 Å².